The Balaban J connectivity index is 2.39. The van der Waals surface area contributed by atoms with Gasteiger partial charge in [0.2, 0.25) is 0 Å². The predicted molar refractivity (Wildman–Crippen MR) is 71.0 cm³/mol. The van der Waals surface area contributed by atoms with Crippen molar-refractivity contribution in [2.45, 2.75) is 33.6 Å². The molecular weight excluding hydrogens is 208 g/mol. The van der Waals surface area contributed by atoms with Gasteiger partial charge in [-0.1, -0.05) is 38.1 Å². The van der Waals surface area contributed by atoms with Crippen LogP contribution in [-0.4, -0.2) is 9.97 Å². The summed E-state index contributed by atoms with van der Waals surface area (Å²) in [4.78, 5) is 8.76. The van der Waals surface area contributed by atoms with E-state index in [1.165, 1.54) is 5.56 Å². The zero-order valence-corrected chi connectivity index (χ0v) is 10.9. The fourth-order valence-corrected chi connectivity index (χ4v) is 1.90. The average Bonchev–Trinajstić information content (AvgIpc) is 2.28. The van der Waals surface area contributed by atoms with E-state index in [2.05, 4.69) is 48.1 Å². The SMILES string of the molecule is Cc1cc(-c2ccc(C(C)C)cc2)nc(C)n1. The van der Waals surface area contributed by atoms with E-state index in [0.29, 0.717) is 5.92 Å². The zero-order chi connectivity index (χ0) is 12.4. The number of aryl methyl sites for hydroxylation is 2. The first-order chi connectivity index (χ1) is 8.06. The highest BCUT2D eigenvalue weighted by molar-refractivity contribution is 5.59. The summed E-state index contributed by atoms with van der Waals surface area (Å²) in [5, 5.41) is 0. The summed E-state index contributed by atoms with van der Waals surface area (Å²) in [6.07, 6.45) is 0. The molecule has 0 radical (unpaired) electrons. The van der Waals surface area contributed by atoms with Gasteiger partial charge in [-0.25, -0.2) is 9.97 Å². The molecule has 0 aliphatic rings. The Labute approximate surface area is 103 Å². The van der Waals surface area contributed by atoms with Crippen LogP contribution in [-0.2, 0) is 0 Å². The van der Waals surface area contributed by atoms with Crippen molar-refractivity contribution in [1.29, 1.82) is 0 Å². The highest BCUT2D eigenvalue weighted by Gasteiger charge is 2.03. The number of aromatic nitrogens is 2. The van der Waals surface area contributed by atoms with Gasteiger partial charge in [0, 0.05) is 11.3 Å². The summed E-state index contributed by atoms with van der Waals surface area (Å²) in [5.74, 6) is 1.39. The van der Waals surface area contributed by atoms with Crippen LogP contribution in [0.1, 0.15) is 36.8 Å². The van der Waals surface area contributed by atoms with Crippen molar-refractivity contribution < 1.29 is 0 Å². The van der Waals surface area contributed by atoms with Crippen LogP contribution in [0.3, 0.4) is 0 Å². The van der Waals surface area contributed by atoms with E-state index in [4.69, 9.17) is 0 Å². The Morgan fingerprint density at radius 3 is 2.12 bits per heavy atom. The highest BCUT2D eigenvalue weighted by atomic mass is 14.9. The van der Waals surface area contributed by atoms with E-state index < -0.39 is 0 Å². The maximum atomic E-state index is 4.47. The van der Waals surface area contributed by atoms with Gasteiger partial charge in [-0.2, -0.15) is 0 Å². The first kappa shape index (κ1) is 11.8. The normalized spacial score (nSPS) is 10.9. The van der Waals surface area contributed by atoms with Gasteiger partial charge in [-0.3, -0.25) is 0 Å². The molecule has 2 rings (SSSR count). The van der Waals surface area contributed by atoms with Gasteiger partial charge in [-0.15, -0.1) is 0 Å². The molecule has 0 bridgehead atoms. The fourth-order valence-electron chi connectivity index (χ4n) is 1.90. The molecular formula is C15H18N2. The molecule has 0 unspecified atom stereocenters. The van der Waals surface area contributed by atoms with Crippen LogP contribution in [0.25, 0.3) is 11.3 Å². The Bertz CT molecular complexity index is 493. The Kier molecular flexibility index (Phi) is 3.23. The van der Waals surface area contributed by atoms with Crippen molar-refractivity contribution >= 4 is 0 Å². The summed E-state index contributed by atoms with van der Waals surface area (Å²) in [7, 11) is 0. The minimum Gasteiger partial charge on any atom is -0.239 e. The molecule has 0 fully saturated rings. The van der Waals surface area contributed by atoms with Gasteiger partial charge in [0.05, 0.1) is 5.69 Å². The molecule has 0 saturated heterocycles. The van der Waals surface area contributed by atoms with Crippen LogP contribution in [0.2, 0.25) is 0 Å². The second-order valence-electron chi connectivity index (χ2n) is 4.72. The van der Waals surface area contributed by atoms with Gasteiger partial charge in [-0.05, 0) is 31.4 Å². The smallest absolute Gasteiger partial charge is 0.126 e. The second kappa shape index (κ2) is 4.66. The number of benzene rings is 1. The molecule has 17 heavy (non-hydrogen) atoms. The Morgan fingerprint density at radius 2 is 1.59 bits per heavy atom. The van der Waals surface area contributed by atoms with Crippen molar-refractivity contribution in [1.82, 2.24) is 9.97 Å². The maximum absolute atomic E-state index is 4.47. The molecule has 0 amide bonds. The molecule has 0 N–H and O–H groups in total. The van der Waals surface area contributed by atoms with E-state index in [1.54, 1.807) is 0 Å². The van der Waals surface area contributed by atoms with Crippen LogP contribution in [0, 0.1) is 13.8 Å². The van der Waals surface area contributed by atoms with Crippen LogP contribution >= 0.6 is 0 Å². The largest absolute Gasteiger partial charge is 0.239 e. The summed E-state index contributed by atoms with van der Waals surface area (Å²) in [6.45, 7) is 8.33. The maximum Gasteiger partial charge on any atom is 0.126 e. The minimum atomic E-state index is 0.568. The first-order valence-electron chi connectivity index (χ1n) is 5.99. The first-order valence-corrected chi connectivity index (χ1v) is 5.99. The van der Waals surface area contributed by atoms with E-state index in [0.717, 1.165) is 22.8 Å². The third kappa shape index (κ3) is 2.70. The summed E-state index contributed by atoms with van der Waals surface area (Å²) in [5.41, 5.74) is 4.53. The van der Waals surface area contributed by atoms with Crippen LogP contribution in [0.15, 0.2) is 30.3 Å². The Morgan fingerprint density at radius 1 is 0.941 bits per heavy atom. The van der Waals surface area contributed by atoms with E-state index in [9.17, 15) is 0 Å². The molecule has 0 aliphatic heterocycles. The standard InChI is InChI=1S/C15H18N2/c1-10(2)13-5-7-14(8-6-13)15-9-11(3)16-12(4)17-15/h5-10H,1-4H3. The van der Waals surface area contributed by atoms with Crippen molar-refractivity contribution in [3.05, 3.63) is 47.4 Å². The second-order valence-corrected chi connectivity index (χ2v) is 4.72. The van der Waals surface area contributed by atoms with Gasteiger partial charge >= 0.3 is 0 Å². The van der Waals surface area contributed by atoms with Crippen LogP contribution < -0.4 is 0 Å². The predicted octanol–water partition coefficient (Wildman–Crippen LogP) is 3.88. The summed E-state index contributed by atoms with van der Waals surface area (Å²) < 4.78 is 0. The van der Waals surface area contributed by atoms with Gasteiger partial charge in [0.1, 0.15) is 5.82 Å². The number of hydrogen-bond donors (Lipinski definition) is 0. The van der Waals surface area contributed by atoms with Crippen LogP contribution in [0.5, 0.6) is 0 Å². The van der Waals surface area contributed by atoms with Crippen molar-refractivity contribution in [3.8, 4) is 11.3 Å². The van der Waals surface area contributed by atoms with Crippen LogP contribution in [0.4, 0.5) is 0 Å². The number of hydrogen-bond acceptors (Lipinski definition) is 2. The molecule has 88 valence electrons. The molecule has 0 atom stereocenters. The van der Waals surface area contributed by atoms with Gasteiger partial charge < -0.3 is 0 Å². The number of rotatable bonds is 2. The van der Waals surface area contributed by atoms with E-state index in [-0.39, 0.29) is 0 Å². The average molecular weight is 226 g/mol. The highest BCUT2D eigenvalue weighted by Crippen LogP contribution is 2.21. The monoisotopic (exact) mass is 226 g/mol. The molecule has 1 heterocycles. The molecule has 2 nitrogen and oxygen atoms in total. The molecule has 1 aromatic heterocycles. The molecule has 0 aliphatic carbocycles. The lowest BCUT2D eigenvalue weighted by molar-refractivity contribution is 0.867. The lowest BCUT2D eigenvalue weighted by atomic mass is 10.0. The van der Waals surface area contributed by atoms with Gasteiger partial charge in [0.25, 0.3) is 0 Å². The van der Waals surface area contributed by atoms with Crippen molar-refractivity contribution in [3.63, 3.8) is 0 Å². The fraction of sp³-hybridized carbons (Fsp3) is 0.333. The third-order valence-corrected chi connectivity index (χ3v) is 2.84. The molecule has 2 heteroatoms. The zero-order valence-electron chi connectivity index (χ0n) is 10.9. The number of nitrogens with zero attached hydrogens (tertiary/aromatic N) is 2. The Hall–Kier alpha value is -1.70. The van der Waals surface area contributed by atoms with Crippen molar-refractivity contribution in [2.24, 2.45) is 0 Å². The summed E-state index contributed by atoms with van der Waals surface area (Å²) >= 11 is 0. The van der Waals surface area contributed by atoms with E-state index in [1.807, 2.05) is 19.9 Å². The molecule has 1 aromatic carbocycles. The third-order valence-electron chi connectivity index (χ3n) is 2.84. The minimum absolute atomic E-state index is 0.568. The summed E-state index contributed by atoms with van der Waals surface area (Å²) in [6, 6.07) is 10.6. The van der Waals surface area contributed by atoms with Gasteiger partial charge in [0.15, 0.2) is 0 Å². The molecule has 0 spiro atoms. The van der Waals surface area contributed by atoms with E-state index >= 15 is 0 Å². The molecule has 0 saturated carbocycles. The topological polar surface area (TPSA) is 25.8 Å². The van der Waals surface area contributed by atoms with Crippen molar-refractivity contribution in [2.75, 3.05) is 0 Å². The lowest BCUT2D eigenvalue weighted by Crippen LogP contribution is -1.94. The molecule has 2 aromatic rings. The lowest BCUT2D eigenvalue weighted by Gasteiger charge is -2.07. The quantitative estimate of drug-likeness (QED) is 0.776.